The second-order valence-corrected chi connectivity index (χ2v) is 5.19. The molecule has 2 rings (SSSR count). The van der Waals surface area contributed by atoms with E-state index in [1.807, 2.05) is 6.07 Å². The van der Waals surface area contributed by atoms with E-state index >= 15 is 0 Å². The highest BCUT2D eigenvalue weighted by Crippen LogP contribution is 2.31. The molecular weight excluding hydrogens is 346 g/mol. The molecule has 5 nitrogen and oxygen atoms in total. The van der Waals surface area contributed by atoms with Gasteiger partial charge in [0.1, 0.15) is 18.2 Å². The molecule has 0 aliphatic rings. The van der Waals surface area contributed by atoms with Gasteiger partial charge >= 0.3 is 0 Å². The molecule has 0 radical (unpaired) electrons. The summed E-state index contributed by atoms with van der Waals surface area (Å²) in [6.45, 7) is 0.304. The van der Waals surface area contributed by atoms with Crippen molar-refractivity contribution in [2.75, 3.05) is 19.5 Å². The Morgan fingerprint density at radius 1 is 1.30 bits per heavy atom. The molecule has 1 aromatic carbocycles. The van der Waals surface area contributed by atoms with Crippen LogP contribution >= 0.6 is 27.5 Å². The van der Waals surface area contributed by atoms with Crippen molar-refractivity contribution < 1.29 is 9.47 Å². The summed E-state index contributed by atoms with van der Waals surface area (Å²) in [4.78, 5) is 8.52. The molecule has 0 aliphatic carbocycles. The highest BCUT2D eigenvalue weighted by Gasteiger charge is 2.09. The largest absolute Gasteiger partial charge is 0.437 e. The second kappa shape index (κ2) is 6.88. The molecule has 2 aromatic rings. The van der Waals surface area contributed by atoms with E-state index < -0.39 is 0 Å². The lowest BCUT2D eigenvalue weighted by Gasteiger charge is -2.10. The van der Waals surface area contributed by atoms with Gasteiger partial charge in [-0.15, -0.1) is 0 Å². The Morgan fingerprint density at radius 2 is 2.10 bits per heavy atom. The monoisotopic (exact) mass is 357 g/mol. The summed E-state index contributed by atoms with van der Waals surface area (Å²) in [5.41, 5.74) is 0. The Bertz CT molecular complexity index is 610. The van der Waals surface area contributed by atoms with Crippen LogP contribution in [0.15, 0.2) is 28.7 Å². The highest BCUT2D eigenvalue weighted by molar-refractivity contribution is 9.10. The van der Waals surface area contributed by atoms with Crippen LogP contribution in [-0.2, 0) is 11.3 Å². The van der Waals surface area contributed by atoms with Crippen LogP contribution in [0.3, 0.4) is 0 Å². The standard InChI is InChI=1S/C13H13BrClN3O2/c1-16-11-6-13(18-12(17-11)7-19-2)20-10-5-8(14)3-4-9(10)15/h3-6H,7H2,1-2H3,(H,16,17,18). The zero-order chi connectivity index (χ0) is 14.5. The summed E-state index contributed by atoms with van der Waals surface area (Å²) in [6.07, 6.45) is 0. The summed E-state index contributed by atoms with van der Waals surface area (Å²) in [5.74, 6) is 2.09. The Labute approximate surface area is 130 Å². The predicted molar refractivity (Wildman–Crippen MR) is 81.5 cm³/mol. The molecule has 0 amide bonds. The van der Waals surface area contributed by atoms with Crippen LogP contribution in [-0.4, -0.2) is 24.1 Å². The Kier molecular flexibility index (Phi) is 5.17. The third-order valence-corrected chi connectivity index (χ3v) is 3.19. The van der Waals surface area contributed by atoms with Gasteiger partial charge in [0.2, 0.25) is 5.88 Å². The number of nitrogens with zero attached hydrogens (tertiary/aromatic N) is 2. The van der Waals surface area contributed by atoms with Crippen LogP contribution in [0.5, 0.6) is 11.6 Å². The lowest BCUT2D eigenvalue weighted by atomic mass is 10.3. The van der Waals surface area contributed by atoms with E-state index in [0.29, 0.717) is 34.9 Å². The van der Waals surface area contributed by atoms with Gasteiger partial charge in [0.25, 0.3) is 0 Å². The Balaban J connectivity index is 2.32. The molecule has 0 aliphatic heterocycles. The fraction of sp³-hybridized carbons (Fsp3) is 0.231. The minimum atomic E-state index is 0.304. The van der Waals surface area contributed by atoms with E-state index in [1.54, 1.807) is 32.4 Å². The molecule has 1 N–H and O–H groups in total. The quantitative estimate of drug-likeness (QED) is 0.879. The minimum Gasteiger partial charge on any atom is -0.437 e. The van der Waals surface area contributed by atoms with Crippen LogP contribution in [0.2, 0.25) is 5.02 Å². The van der Waals surface area contributed by atoms with Crippen molar-refractivity contribution in [2.24, 2.45) is 0 Å². The van der Waals surface area contributed by atoms with Gasteiger partial charge < -0.3 is 14.8 Å². The number of benzene rings is 1. The third-order valence-electron chi connectivity index (χ3n) is 2.39. The second-order valence-electron chi connectivity index (χ2n) is 3.87. The van der Waals surface area contributed by atoms with Gasteiger partial charge in [-0.25, -0.2) is 4.98 Å². The maximum Gasteiger partial charge on any atom is 0.224 e. The number of anilines is 1. The number of ether oxygens (including phenoxy) is 2. The number of rotatable bonds is 5. The first kappa shape index (κ1) is 15.0. The molecule has 0 atom stereocenters. The van der Waals surface area contributed by atoms with Crippen LogP contribution in [0.25, 0.3) is 0 Å². The predicted octanol–water partition coefficient (Wildman–Crippen LogP) is 3.87. The van der Waals surface area contributed by atoms with Crippen LogP contribution in [0.4, 0.5) is 5.82 Å². The fourth-order valence-corrected chi connectivity index (χ4v) is 2.01. The van der Waals surface area contributed by atoms with Crippen molar-refractivity contribution in [3.8, 4) is 11.6 Å². The van der Waals surface area contributed by atoms with Gasteiger partial charge in [0, 0.05) is 24.7 Å². The van der Waals surface area contributed by atoms with Crippen molar-refractivity contribution in [1.29, 1.82) is 0 Å². The molecule has 1 heterocycles. The molecule has 20 heavy (non-hydrogen) atoms. The van der Waals surface area contributed by atoms with Gasteiger partial charge in [-0.2, -0.15) is 4.98 Å². The number of hydrogen-bond acceptors (Lipinski definition) is 5. The topological polar surface area (TPSA) is 56.3 Å². The van der Waals surface area contributed by atoms with Gasteiger partial charge in [0.05, 0.1) is 5.02 Å². The maximum absolute atomic E-state index is 6.09. The van der Waals surface area contributed by atoms with E-state index in [9.17, 15) is 0 Å². The van der Waals surface area contributed by atoms with Gasteiger partial charge in [-0.3, -0.25) is 0 Å². The maximum atomic E-state index is 6.09. The number of methoxy groups -OCH3 is 1. The van der Waals surface area contributed by atoms with E-state index in [1.165, 1.54) is 0 Å². The summed E-state index contributed by atoms with van der Waals surface area (Å²) >= 11 is 9.46. The number of hydrogen-bond donors (Lipinski definition) is 1. The molecule has 0 saturated carbocycles. The van der Waals surface area contributed by atoms with Gasteiger partial charge in [-0.05, 0) is 18.2 Å². The average molecular weight is 359 g/mol. The first-order chi connectivity index (χ1) is 9.62. The molecule has 0 fully saturated rings. The Hall–Kier alpha value is -1.37. The molecular formula is C13H13BrClN3O2. The fourth-order valence-electron chi connectivity index (χ4n) is 1.51. The smallest absolute Gasteiger partial charge is 0.224 e. The van der Waals surface area contributed by atoms with E-state index in [0.717, 1.165) is 4.47 Å². The van der Waals surface area contributed by atoms with E-state index in [-0.39, 0.29) is 0 Å². The lowest BCUT2D eigenvalue weighted by molar-refractivity contribution is 0.177. The summed E-state index contributed by atoms with van der Waals surface area (Å²) in [7, 11) is 3.36. The average Bonchev–Trinajstić information content (AvgIpc) is 2.43. The van der Waals surface area contributed by atoms with Crippen LogP contribution in [0, 0.1) is 0 Å². The van der Waals surface area contributed by atoms with Crippen molar-refractivity contribution in [2.45, 2.75) is 6.61 Å². The SMILES string of the molecule is CNc1cc(Oc2cc(Br)ccc2Cl)nc(COC)n1. The molecule has 7 heteroatoms. The molecule has 0 bridgehead atoms. The minimum absolute atomic E-state index is 0.304. The van der Waals surface area contributed by atoms with Crippen molar-refractivity contribution in [1.82, 2.24) is 9.97 Å². The van der Waals surface area contributed by atoms with E-state index in [4.69, 9.17) is 21.1 Å². The molecule has 1 aromatic heterocycles. The molecule has 106 valence electrons. The first-order valence-corrected chi connectivity index (χ1v) is 6.97. The lowest BCUT2D eigenvalue weighted by Crippen LogP contribution is -2.03. The van der Waals surface area contributed by atoms with Crippen molar-refractivity contribution in [3.63, 3.8) is 0 Å². The van der Waals surface area contributed by atoms with Gasteiger partial charge in [0.15, 0.2) is 5.82 Å². The van der Waals surface area contributed by atoms with Crippen LogP contribution < -0.4 is 10.1 Å². The van der Waals surface area contributed by atoms with E-state index in [2.05, 4.69) is 31.2 Å². The molecule has 0 unspecified atom stereocenters. The zero-order valence-electron chi connectivity index (χ0n) is 11.0. The summed E-state index contributed by atoms with van der Waals surface area (Å²) in [5, 5.41) is 3.45. The molecule has 0 saturated heterocycles. The van der Waals surface area contributed by atoms with Gasteiger partial charge in [-0.1, -0.05) is 27.5 Å². The number of aromatic nitrogens is 2. The summed E-state index contributed by atoms with van der Waals surface area (Å²) < 4.78 is 11.6. The van der Waals surface area contributed by atoms with Crippen molar-refractivity contribution in [3.05, 3.63) is 39.6 Å². The van der Waals surface area contributed by atoms with Crippen LogP contribution in [0.1, 0.15) is 5.82 Å². The van der Waals surface area contributed by atoms with Crippen molar-refractivity contribution >= 4 is 33.3 Å². The Morgan fingerprint density at radius 3 is 2.80 bits per heavy atom. The zero-order valence-corrected chi connectivity index (χ0v) is 13.3. The normalized spacial score (nSPS) is 10.4. The number of halogens is 2. The highest BCUT2D eigenvalue weighted by atomic mass is 79.9. The molecule has 0 spiro atoms. The summed E-state index contributed by atoms with van der Waals surface area (Å²) in [6, 6.07) is 7.05. The third kappa shape index (κ3) is 3.82. The number of nitrogens with one attached hydrogen (secondary N) is 1. The first-order valence-electron chi connectivity index (χ1n) is 5.80.